The minimum Gasteiger partial charge on any atom is -0.465 e. The van der Waals surface area contributed by atoms with E-state index in [0.717, 1.165) is 5.56 Å². The molecule has 0 aliphatic heterocycles. The molecule has 0 aromatic heterocycles. The molecule has 0 saturated heterocycles. The van der Waals surface area contributed by atoms with E-state index in [1.807, 2.05) is 12.1 Å². The van der Waals surface area contributed by atoms with Crippen molar-refractivity contribution in [1.29, 1.82) is 0 Å². The van der Waals surface area contributed by atoms with Gasteiger partial charge in [0, 0.05) is 5.56 Å². The van der Waals surface area contributed by atoms with E-state index in [4.69, 9.17) is 9.84 Å². The predicted molar refractivity (Wildman–Crippen MR) is 43.2 cm³/mol. The molecular formula is C9H10O2. The van der Waals surface area contributed by atoms with E-state index in [0.29, 0.717) is 5.75 Å². The summed E-state index contributed by atoms with van der Waals surface area (Å²) in [5, 5.41) is 8.83. The van der Waals surface area contributed by atoms with Crippen molar-refractivity contribution in [3.05, 3.63) is 42.7 Å². The minimum atomic E-state index is -0.00991. The summed E-state index contributed by atoms with van der Waals surface area (Å²) in [6, 6.07) is 7.28. The minimum absolute atomic E-state index is 0.00991. The van der Waals surface area contributed by atoms with Crippen LogP contribution < -0.4 is 4.74 Å². The van der Waals surface area contributed by atoms with Gasteiger partial charge in [0.1, 0.15) is 5.75 Å². The lowest BCUT2D eigenvalue weighted by atomic mass is 10.2. The lowest BCUT2D eigenvalue weighted by molar-refractivity contribution is 0.276. The Balaban J connectivity index is 2.92. The van der Waals surface area contributed by atoms with Gasteiger partial charge in [-0.15, -0.1) is 0 Å². The first-order valence-electron chi connectivity index (χ1n) is 3.35. The van der Waals surface area contributed by atoms with E-state index in [9.17, 15) is 0 Å². The molecule has 0 saturated carbocycles. The third-order valence-corrected chi connectivity index (χ3v) is 1.35. The van der Waals surface area contributed by atoms with Crippen molar-refractivity contribution in [3.63, 3.8) is 0 Å². The van der Waals surface area contributed by atoms with Crippen LogP contribution in [0.25, 0.3) is 0 Å². The molecule has 0 aliphatic rings. The Morgan fingerprint density at radius 2 is 2.18 bits per heavy atom. The highest BCUT2D eigenvalue weighted by molar-refractivity contribution is 5.32. The molecule has 2 heteroatoms. The summed E-state index contributed by atoms with van der Waals surface area (Å²) in [6.07, 6.45) is 1.34. The number of aliphatic hydroxyl groups excluding tert-OH is 1. The highest BCUT2D eigenvalue weighted by Crippen LogP contribution is 2.17. The van der Waals surface area contributed by atoms with Gasteiger partial charge in [-0.2, -0.15) is 0 Å². The lowest BCUT2D eigenvalue weighted by Gasteiger charge is -2.03. The van der Waals surface area contributed by atoms with Gasteiger partial charge >= 0.3 is 0 Å². The zero-order chi connectivity index (χ0) is 8.10. The van der Waals surface area contributed by atoms with Gasteiger partial charge in [0.15, 0.2) is 0 Å². The topological polar surface area (TPSA) is 29.5 Å². The molecule has 2 nitrogen and oxygen atoms in total. The Bertz CT molecular complexity index is 243. The summed E-state index contributed by atoms with van der Waals surface area (Å²) in [5.74, 6) is 0.657. The molecule has 0 atom stereocenters. The zero-order valence-corrected chi connectivity index (χ0v) is 6.16. The smallest absolute Gasteiger partial charge is 0.131 e. The van der Waals surface area contributed by atoms with Crippen LogP contribution in [0.4, 0.5) is 0 Å². The highest BCUT2D eigenvalue weighted by atomic mass is 16.5. The van der Waals surface area contributed by atoms with E-state index in [1.54, 1.807) is 12.1 Å². The van der Waals surface area contributed by atoms with Gasteiger partial charge in [-0.05, 0) is 6.07 Å². The zero-order valence-electron chi connectivity index (χ0n) is 6.16. The van der Waals surface area contributed by atoms with Crippen LogP contribution in [0, 0.1) is 0 Å². The second-order valence-electron chi connectivity index (χ2n) is 2.05. The Morgan fingerprint density at radius 1 is 1.45 bits per heavy atom. The number of rotatable bonds is 3. The fraction of sp³-hybridized carbons (Fsp3) is 0.111. The van der Waals surface area contributed by atoms with E-state index in [2.05, 4.69) is 6.58 Å². The third kappa shape index (κ3) is 1.82. The Labute approximate surface area is 65.7 Å². The Morgan fingerprint density at radius 3 is 2.82 bits per heavy atom. The van der Waals surface area contributed by atoms with Crippen LogP contribution in [0.1, 0.15) is 5.56 Å². The van der Waals surface area contributed by atoms with Crippen molar-refractivity contribution in [2.75, 3.05) is 0 Å². The second kappa shape index (κ2) is 3.78. The number of aliphatic hydroxyl groups is 1. The van der Waals surface area contributed by atoms with Crippen LogP contribution in [-0.4, -0.2) is 5.11 Å². The number of benzene rings is 1. The molecule has 1 N–H and O–H groups in total. The molecule has 1 aromatic rings. The van der Waals surface area contributed by atoms with Gasteiger partial charge in [-0.3, -0.25) is 0 Å². The maximum Gasteiger partial charge on any atom is 0.131 e. The molecule has 1 aromatic carbocycles. The van der Waals surface area contributed by atoms with Crippen LogP contribution in [0.2, 0.25) is 0 Å². The van der Waals surface area contributed by atoms with Crippen molar-refractivity contribution in [2.24, 2.45) is 0 Å². The summed E-state index contributed by atoms with van der Waals surface area (Å²) in [6.45, 7) is 3.42. The summed E-state index contributed by atoms with van der Waals surface area (Å²) in [7, 11) is 0. The maximum atomic E-state index is 8.83. The van der Waals surface area contributed by atoms with Gasteiger partial charge in [0.2, 0.25) is 0 Å². The van der Waals surface area contributed by atoms with Gasteiger partial charge in [0.05, 0.1) is 12.9 Å². The van der Waals surface area contributed by atoms with E-state index < -0.39 is 0 Å². The van der Waals surface area contributed by atoms with Gasteiger partial charge < -0.3 is 9.84 Å². The fourth-order valence-electron chi connectivity index (χ4n) is 0.839. The lowest BCUT2D eigenvalue weighted by Crippen LogP contribution is -1.89. The SMILES string of the molecule is C=COc1ccccc1CO. The highest BCUT2D eigenvalue weighted by Gasteiger charge is 1.97. The first-order chi connectivity index (χ1) is 5.38. The van der Waals surface area contributed by atoms with Crippen molar-refractivity contribution < 1.29 is 9.84 Å². The summed E-state index contributed by atoms with van der Waals surface area (Å²) >= 11 is 0. The normalized spacial score (nSPS) is 9.18. The van der Waals surface area contributed by atoms with E-state index in [-0.39, 0.29) is 6.61 Å². The van der Waals surface area contributed by atoms with Gasteiger partial charge in [-0.1, -0.05) is 24.8 Å². The largest absolute Gasteiger partial charge is 0.465 e. The van der Waals surface area contributed by atoms with Crippen LogP contribution in [-0.2, 0) is 6.61 Å². The van der Waals surface area contributed by atoms with Gasteiger partial charge in [-0.25, -0.2) is 0 Å². The predicted octanol–water partition coefficient (Wildman–Crippen LogP) is 1.70. The van der Waals surface area contributed by atoms with Gasteiger partial charge in [0.25, 0.3) is 0 Å². The van der Waals surface area contributed by atoms with Crippen LogP contribution in [0.5, 0.6) is 5.75 Å². The summed E-state index contributed by atoms with van der Waals surface area (Å²) in [5.41, 5.74) is 0.771. The Kier molecular flexibility index (Phi) is 2.69. The molecular weight excluding hydrogens is 140 g/mol. The third-order valence-electron chi connectivity index (χ3n) is 1.35. The molecule has 1 rings (SSSR count). The quantitative estimate of drug-likeness (QED) is 0.664. The molecule has 0 amide bonds. The average Bonchev–Trinajstić information content (AvgIpc) is 2.06. The number of hydrogen-bond acceptors (Lipinski definition) is 2. The Hall–Kier alpha value is -1.28. The second-order valence-corrected chi connectivity index (χ2v) is 2.05. The fourth-order valence-corrected chi connectivity index (χ4v) is 0.839. The molecule has 0 fully saturated rings. The first kappa shape index (κ1) is 7.82. The molecule has 0 unspecified atom stereocenters. The molecule has 0 bridgehead atoms. The average molecular weight is 150 g/mol. The van der Waals surface area contributed by atoms with E-state index in [1.165, 1.54) is 6.26 Å². The van der Waals surface area contributed by atoms with Crippen molar-refractivity contribution >= 4 is 0 Å². The molecule has 11 heavy (non-hydrogen) atoms. The number of ether oxygens (including phenoxy) is 1. The maximum absolute atomic E-state index is 8.83. The first-order valence-corrected chi connectivity index (χ1v) is 3.35. The van der Waals surface area contributed by atoms with Crippen molar-refractivity contribution in [1.82, 2.24) is 0 Å². The number of para-hydroxylation sites is 1. The molecule has 0 heterocycles. The summed E-state index contributed by atoms with van der Waals surface area (Å²) in [4.78, 5) is 0. The van der Waals surface area contributed by atoms with Crippen molar-refractivity contribution in [3.8, 4) is 5.75 Å². The van der Waals surface area contributed by atoms with Crippen molar-refractivity contribution in [2.45, 2.75) is 6.61 Å². The standard InChI is InChI=1S/C9H10O2/c1-2-11-9-6-4-3-5-8(9)7-10/h2-6,10H,1,7H2. The molecule has 58 valence electrons. The molecule has 0 radical (unpaired) electrons. The van der Waals surface area contributed by atoms with E-state index >= 15 is 0 Å². The monoisotopic (exact) mass is 150 g/mol. The van der Waals surface area contributed by atoms with Crippen LogP contribution in [0.3, 0.4) is 0 Å². The molecule has 0 spiro atoms. The molecule has 0 aliphatic carbocycles. The number of hydrogen-bond donors (Lipinski definition) is 1. The van der Waals surface area contributed by atoms with Crippen LogP contribution in [0.15, 0.2) is 37.1 Å². The summed E-state index contributed by atoms with van der Waals surface area (Å²) < 4.78 is 5.03. The van der Waals surface area contributed by atoms with Crippen LogP contribution >= 0.6 is 0 Å².